The molecular weight excluding hydrogens is 420 g/mol. The highest BCUT2D eigenvalue weighted by atomic mass is 16.2. The number of nitrogens with zero attached hydrogens (tertiary/aromatic N) is 3. The van der Waals surface area contributed by atoms with Gasteiger partial charge in [0, 0.05) is 50.6 Å². The normalized spacial score (nSPS) is 22.5. The Bertz CT molecular complexity index is 975. The zero-order chi connectivity index (χ0) is 24.0. The fraction of sp³-hybridized carbons (Fsp3) is 0.600. The molecule has 8 nitrogen and oxygen atoms in total. The third-order valence-electron chi connectivity index (χ3n) is 7.32. The summed E-state index contributed by atoms with van der Waals surface area (Å²) in [4.78, 5) is 56.3. The molecule has 1 aromatic rings. The predicted octanol–water partition coefficient (Wildman–Crippen LogP) is 1.93. The van der Waals surface area contributed by atoms with Gasteiger partial charge in [0.25, 0.3) is 5.91 Å². The van der Waals surface area contributed by atoms with E-state index in [1.165, 1.54) is 0 Å². The maximum atomic E-state index is 13.3. The van der Waals surface area contributed by atoms with Crippen molar-refractivity contribution in [3.05, 3.63) is 35.4 Å². The molecule has 0 bridgehead atoms. The van der Waals surface area contributed by atoms with Gasteiger partial charge < -0.3 is 20.0 Å². The second kappa shape index (κ2) is 8.47. The Hall–Kier alpha value is -2.90. The van der Waals surface area contributed by atoms with E-state index in [-0.39, 0.29) is 41.6 Å². The van der Waals surface area contributed by atoms with Crippen molar-refractivity contribution in [1.29, 1.82) is 0 Å². The molecule has 2 saturated heterocycles. The second-order valence-corrected chi connectivity index (χ2v) is 10.6. The van der Waals surface area contributed by atoms with Gasteiger partial charge in [-0.25, -0.2) is 0 Å². The van der Waals surface area contributed by atoms with Gasteiger partial charge in [-0.2, -0.15) is 0 Å². The molecule has 3 aliphatic rings. The van der Waals surface area contributed by atoms with E-state index >= 15 is 0 Å². The molecule has 3 heterocycles. The standard InChI is InChI=1S/C25H34N4O4/c1-17(30)27-11-9-25(10-12-27,29-15-18-7-5-6-8-20(18)23(29)33)14-21(31)26-19-13-22(32)28(16-19)24(2,3)4/h5-8,19H,9-16H2,1-4H3,(H,26,31). The van der Waals surface area contributed by atoms with Crippen LogP contribution < -0.4 is 5.32 Å². The smallest absolute Gasteiger partial charge is 0.254 e. The highest BCUT2D eigenvalue weighted by Crippen LogP contribution is 2.38. The van der Waals surface area contributed by atoms with Crippen molar-refractivity contribution in [2.24, 2.45) is 0 Å². The van der Waals surface area contributed by atoms with Crippen molar-refractivity contribution in [1.82, 2.24) is 20.0 Å². The van der Waals surface area contributed by atoms with Crippen LogP contribution in [0.2, 0.25) is 0 Å². The van der Waals surface area contributed by atoms with Crippen molar-refractivity contribution < 1.29 is 19.2 Å². The van der Waals surface area contributed by atoms with E-state index < -0.39 is 5.54 Å². The molecular formula is C25H34N4O4. The van der Waals surface area contributed by atoms with Crippen LogP contribution in [0.25, 0.3) is 0 Å². The summed E-state index contributed by atoms with van der Waals surface area (Å²) in [6, 6.07) is 7.34. The van der Waals surface area contributed by atoms with Gasteiger partial charge in [0.2, 0.25) is 17.7 Å². The van der Waals surface area contributed by atoms with Crippen LogP contribution >= 0.6 is 0 Å². The minimum atomic E-state index is -0.654. The van der Waals surface area contributed by atoms with E-state index in [1.807, 2.05) is 49.9 Å². The molecule has 8 heteroatoms. The summed E-state index contributed by atoms with van der Waals surface area (Å²) in [5, 5.41) is 3.06. The van der Waals surface area contributed by atoms with Crippen LogP contribution in [-0.4, -0.2) is 75.1 Å². The number of benzene rings is 1. The highest BCUT2D eigenvalue weighted by molar-refractivity contribution is 5.99. The summed E-state index contributed by atoms with van der Waals surface area (Å²) in [5.41, 5.74) is 0.718. The number of fused-ring (bicyclic) bond motifs is 1. The van der Waals surface area contributed by atoms with Gasteiger partial charge in [0.1, 0.15) is 0 Å². The fourth-order valence-electron chi connectivity index (χ4n) is 5.45. The zero-order valence-electron chi connectivity index (χ0n) is 20.0. The Morgan fingerprint density at radius 3 is 2.36 bits per heavy atom. The molecule has 0 radical (unpaired) electrons. The first-order valence-electron chi connectivity index (χ1n) is 11.8. The summed E-state index contributed by atoms with van der Waals surface area (Å²) in [6.45, 7) is 9.52. The first kappa shape index (κ1) is 23.3. The van der Waals surface area contributed by atoms with Crippen LogP contribution in [0.5, 0.6) is 0 Å². The third-order valence-corrected chi connectivity index (χ3v) is 7.32. The number of hydrogen-bond acceptors (Lipinski definition) is 4. The molecule has 33 heavy (non-hydrogen) atoms. The molecule has 0 saturated carbocycles. The lowest BCUT2D eigenvalue weighted by Gasteiger charge is -2.47. The molecule has 0 spiro atoms. The van der Waals surface area contributed by atoms with Crippen molar-refractivity contribution in [2.45, 2.75) is 77.0 Å². The number of amides is 4. The lowest BCUT2D eigenvalue weighted by Crippen LogP contribution is -2.58. The van der Waals surface area contributed by atoms with Gasteiger partial charge in [0.15, 0.2) is 0 Å². The van der Waals surface area contributed by atoms with Gasteiger partial charge in [0.05, 0.1) is 18.0 Å². The van der Waals surface area contributed by atoms with Gasteiger partial charge in [-0.15, -0.1) is 0 Å². The lowest BCUT2D eigenvalue weighted by molar-refractivity contribution is -0.133. The Labute approximate surface area is 195 Å². The molecule has 4 rings (SSSR count). The first-order chi connectivity index (χ1) is 15.5. The van der Waals surface area contributed by atoms with Crippen LogP contribution in [0.15, 0.2) is 24.3 Å². The topological polar surface area (TPSA) is 90.0 Å². The molecule has 3 aliphatic heterocycles. The summed E-state index contributed by atoms with van der Waals surface area (Å²) in [6.07, 6.45) is 1.57. The van der Waals surface area contributed by atoms with Crippen LogP contribution in [0.3, 0.4) is 0 Å². The Morgan fingerprint density at radius 2 is 1.79 bits per heavy atom. The van der Waals surface area contributed by atoms with Crippen LogP contribution in [0.1, 0.15) is 69.3 Å². The predicted molar refractivity (Wildman–Crippen MR) is 123 cm³/mol. The largest absolute Gasteiger partial charge is 0.351 e. The van der Waals surface area contributed by atoms with Gasteiger partial charge in [-0.05, 0) is 45.2 Å². The molecule has 1 aromatic carbocycles. The Balaban J connectivity index is 1.51. The van der Waals surface area contributed by atoms with Crippen molar-refractivity contribution in [3.63, 3.8) is 0 Å². The maximum absolute atomic E-state index is 13.3. The number of likely N-dealkylation sites (tertiary alicyclic amines) is 2. The summed E-state index contributed by atoms with van der Waals surface area (Å²) >= 11 is 0. The van der Waals surface area contributed by atoms with Crippen LogP contribution in [0, 0.1) is 0 Å². The SMILES string of the molecule is CC(=O)N1CCC(CC(=O)NC2CC(=O)N(C(C)(C)C)C2)(N2Cc3ccccc3C2=O)CC1. The number of carbonyl (C=O) groups is 4. The monoisotopic (exact) mass is 454 g/mol. The average molecular weight is 455 g/mol. The van der Waals surface area contributed by atoms with E-state index in [9.17, 15) is 19.2 Å². The van der Waals surface area contributed by atoms with E-state index in [0.29, 0.717) is 51.0 Å². The number of carbonyl (C=O) groups excluding carboxylic acids is 4. The number of nitrogens with one attached hydrogen (secondary N) is 1. The molecule has 0 aliphatic carbocycles. The van der Waals surface area contributed by atoms with Crippen molar-refractivity contribution in [2.75, 3.05) is 19.6 Å². The summed E-state index contributed by atoms with van der Waals surface area (Å²) in [5.74, 6) is -0.147. The van der Waals surface area contributed by atoms with Crippen LogP contribution in [-0.2, 0) is 20.9 Å². The molecule has 0 aromatic heterocycles. The minimum absolute atomic E-state index is 0.0100. The first-order valence-corrected chi connectivity index (χ1v) is 11.8. The maximum Gasteiger partial charge on any atom is 0.254 e. The van der Waals surface area contributed by atoms with E-state index in [0.717, 1.165) is 5.56 Å². The lowest BCUT2D eigenvalue weighted by atomic mass is 9.82. The fourth-order valence-corrected chi connectivity index (χ4v) is 5.45. The van der Waals surface area contributed by atoms with Crippen molar-refractivity contribution in [3.8, 4) is 0 Å². The zero-order valence-corrected chi connectivity index (χ0v) is 20.0. The third kappa shape index (κ3) is 4.48. The molecule has 1 atom stereocenters. The Kier molecular flexibility index (Phi) is 5.97. The van der Waals surface area contributed by atoms with Gasteiger partial charge >= 0.3 is 0 Å². The quantitative estimate of drug-likeness (QED) is 0.753. The van der Waals surface area contributed by atoms with E-state index in [2.05, 4.69) is 5.32 Å². The van der Waals surface area contributed by atoms with E-state index in [1.54, 1.807) is 16.7 Å². The highest BCUT2D eigenvalue weighted by Gasteiger charge is 2.47. The Morgan fingerprint density at radius 1 is 1.12 bits per heavy atom. The average Bonchev–Trinajstić information content (AvgIpc) is 3.28. The minimum Gasteiger partial charge on any atom is -0.351 e. The molecule has 2 fully saturated rings. The number of rotatable bonds is 4. The van der Waals surface area contributed by atoms with Gasteiger partial charge in [-0.3, -0.25) is 19.2 Å². The number of piperidine rings is 1. The van der Waals surface area contributed by atoms with Gasteiger partial charge in [-0.1, -0.05) is 18.2 Å². The molecule has 178 valence electrons. The van der Waals surface area contributed by atoms with Crippen molar-refractivity contribution >= 4 is 23.6 Å². The van der Waals surface area contributed by atoms with Crippen LogP contribution in [0.4, 0.5) is 0 Å². The molecule has 1 N–H and O–H groups in total. The second-order valence-electron chi connectivity index (χ2n) is 10.6. The summed E-state index contributed by atoms with van der Waals surface area (Å²) < 4.78 is 0. The van der Waals surface area contributed by atoms with E-state index in [4.69, 9.17) is 0 Å². The summed E-state index contributed by atoms with van der Waals surface area (Å²) in [7, 11) is 0. The molecule has 1 unspecified atom stereocenters. The number of hydrogen-bond donors (Lipinski definition) is 1. The molecule has 4 amide bonds.